The molecule has 1 aliphatic rings. The number of carbonyl (C=O) groups excluding carboxylic acids is 1. The molecule has 1 amide bonds. The molecule has 1 saturated heterocycles. The maximum Gasteiger partial charge on any atom is 0.265 e. The van der Waals surface area contributed by atoms with E-state index in [4.69, 9.17) is 4.74 Å². The van der Waals surface area contributed by atoms with Crippen LogP contribution in [-0.4, -0.2) is 37.2 Å². The third kappa shape index (κ3) is 3.08. The molecule has 3 aromatic rings. The number of thiazole rings is 1. The van der Waals surface area contributed by atoms with Gasteiger partial charge in [-0.25, -0.2) is 4.98 Å². The van der Waals surface area contributed by atoms with E-state index in [-0.39, 0.29) is 5.91 Å². The summed E-state index contributed by atoms with van der Waals surface area (Å²) < 4.78 is 6.46. The summed E-state index contributed by atoms with van der Waals surface area (Å²) in [6, 6.07) is 9.54. The lowest BCUT2D eigenvalue weighted by molar-refractivity contribution is 0.103. The second kappa shape index (κ2) is 6.27. The van der Waals surface area contributed by atoms with Crippen LogP contribution < -0.4 is 10.2 Å². The summed E-state index contributed by atoms with van der Waals surface area (Å²) in [5, 5.41) is 5.86. The van der Waals surface area contributed by atoms with Crippen LogP contribution in [-0.2, 0) is 4.74 Å². The van der Waals surface area contributed by atoms with Crippen molar-refractivity contribution in [3.8, 4) is 0 Å². The molecule has 0 bridgehead atoms. The quantitative estimate of drug-likeness (QED) is 0.790. The lowest BCUT2D eigenvalue weighted by atomic mass is 10.3. The molecule has 1 aromatic carbocycles. The molecule has 0 atom stereocenters. The molecule has 0 aliphatic carbocycles. The Balaban J connectivity index is 1.56. The normalized spacial score (nSPS) is 15.0. The molecule has 0 unspecified atom stereocenters. The number of aromatic nitrogens is 1. The largest absolute Gasteiger partial charge is 0.378 e. The van der Waals surface area contributed by atoms with E-state index in [0.717, 1.165) is 47.3 Å². The van der Waals surface area contributed by atoms with Gasteiger partial charge in [0.25, 0.3) is 5.91 Å². The number of ether oxygens (including phenoxy) is 1. The monoisotopic (exact) mass is 345 g/mol. The second-order valence-corrected chi connectivity index (χ2v) is 7.17. The molecule has 1 aliphatic heterocycles. The molecular weight excluding hydrogens is 330 g/mol. The first kappa shape index (κ1) is 14.6. The van der Waals surface area contributed by atoms with Crippen molar-refractivity contribution < 1.29 is 9.53 Å². The van der Waals surface area contributed by atoms with Crippen molar-refractivity contribution in [1.29, 1.82) is 0 Å². The minimum atomic E-state index is -0.0720. The Labute approximate surface area is 141 Å². The Kier molecular flexibility index (Phi) is 3.99. The van der Waals surface area contributed by atoms with Gasteiger partial charge in [0.1, 0.15) is 0 Å². The number of benzene rings is 1. The zero-order valence-electron chi connectivity index (χ0n) is 12.3. The van der Waals surface area contributed by atoms with Crippen molar-refractivity contribution in [3.05, 3.63) is 40.6 Å². The fraction of sp³-hybridized carbons (Fsp3) is 0.250. The van der Waals surface area contributed by atoms with Gasteiger partial charge in [0, 0.05) is 18.8 Å². The fourth-order valence-electron chi connectivity index (χ4n) is 2.48. The second-order valence-electron chi connectivity index (χ2n) is 5.21. The predicted molar refractivity (Wildman–Crippen MR) is 94.9 cm³/mol. The maximum absolute atomic E-state index is 12.1. The van der Waals surface area contributed by atoms with Crippen molar-refractivity contribution in [3.63, 3.8) is 0 Å². The summed E-state index contributed by atoms with van der Waals surface area (Å²) in [5.41, 5.74) is 1.76. The Bertz CT molecular complexity index is 823. The molecule has 5 nitrogen and oxygen atoms in total. The van der Waals surface area contributed by atoms with Crippen LogP contribution in [0.15, 0.2) is 35.7 Å². The highest BCUT2D eigenvalue weighted by Gasteiger charge is 2.16. The van der Waals surface area contributed by atoms with E-state index in [1.807, 2.05) is 35.7 Å². The summed E-state index contributed by atoms with van der Waals surface area (Å²) in [6.45, 7) is 3.25. The summed E-state index contributed by atoms with van der Waals surface area (Å²) >= 11 is 3.09. The third-order valence-corrected chi connectivity index (χ3v) is 5.61. The minimum Gasteiger partial charge on any atom is -0.378 e. The summed E-state index contributed by atoms with van der Waals surface area (Å²) in [4.78, 5) is 19.8. The zero-order valence-corrected chi connectivity index (χ0v) is 14.0. The molecule has 2 aromatic heterocycles. The van der Waals surface area contributed by atoms with Crippen LogP contribution in [0.5, 0.6) is 0 Å². The van der Waals surface area contributed by atoms with Gasteiger partial charge in [0.2, 0.25) is 0 Å². The highest BCUT2D eigenvalue weighted by Crippen LogP contribution is 2.31. The Hall–Kier alpha value is -1.96. The standard InChI is InChI=1S/C16H15N3O2S2/c20-15(13-2-1-9-22-13)17-11-3-4-12-14(10-11)23-16(18-12)19-5-7-21-8-6-19/h1-4,9-10H,5-8H2,(H,17,20). The Morgan fingerprint density at radius 3 is 2.91 bits per heavy atom. The molecule has 0 radical (unpaired) electrons. The van der Waals surface area contributed by atoms with Gasteiger partial charge in [0.05, 0.1) is 28.3 Å². The first-order valence-electron chi connectivity index (χ1n) is 7.38. The number of anilines is 2. The lowest BCUT2D eigenvalue weighted by Gasteiger charge is -2.25. The molecule has 1 N–H and O–H groups in total. The van der Waals surface area contributed by atoms with Crippen molar-refractivity contribution in [2.75, 3.05) is 36.5 Å². The number of hydrogen-bond donors (Lipinski definition) is 1. The number of carbonyl (C=O) groups is 1. The summed E-state index contributed by atoms with van der Waals surface area (Å²) in [5.74, 6) is -0.0720. The van der Waals surface area contributed by atoms with Gasteiger partial charge in [-0.05, 0) is 29.6 Å². The number of morpholine rings is 1. The average Bonchev–Trinajstić information content (AvgIpc) is 3.25. The van der Waals surface area contributed by atoms with Gasteiger partial charge < -0.3 is 15.0 Å². The van der Waals surface area contributed by atoms with E-state index in [1.54, 1.807) is 11.3 Å². The molecule has 0 saturated carbocycles. The maximum atomic E-state index is 12.1. The van der Waals surface area contributed by atoms with Crippen LogP contribution >= 0.6 is 22.7 Å². The first-order valence-corrected chi connectivity index (χ1v) is 9.07. The third-order valence-electron chi connectivity index (χ3n) is 3.66. The summed E-state index contributed by atoms with van der Waals surface area (Å²) in [6.07, 6.45) is 0. The zero-order chi connectivity index (χ0) is 15.6. The number of amides is 1. The molecule has 4 rings (SSSR count). The van der Waals surface area contributed by atoms with Gasteiger partial charge in [-0.2, -0.15) is 0 Å². The first-order chi connectivity index (χ1) is 11.3. The minimum absolute atomic E-state index is 0.0720. The number of thiophene rings is 1. The molecule has 7 heteroatoms. The molecule has 118 valence electrons. The van der Waals surface area contributed by atoms with Gasteiger partial charge in [0.15, 0.2) is 5.13 Å². The highest BCUT2D eigenvalue weighted by atomic mass is 32.1. The fourth-order valence-corrected chi connectivity index (χ4v) is 4.16. The number of hydrogen-bond acceptors (Lipinski definition) is 6. The van der Waals surface area contributed by atoms with E-state index in [1.165, 1.54) is 11.3 Å². The highest BCUT2D eigenvalue weighted by molar-refractivity contribution is 7.22. The van der Waals surface area contributed by atoms with E-state index in [9.17, 15) is 4.79 Å². The van der Waals surface area contributed by atoms with E-state index in [0.29, 0.717) is 4.88 Å². The van der Waals surface area contributed by atoms with E-state index >= 15 is 0 Å². The Morgan fingerprint density at radius 1 is 1.26 bits per heavy atom. The topological polar surface area (TPSA) is 54.5 Å². The smallest absolute Gasteiger partial charge is 0.265 e. The summed E-state index contributed by atoms with van der Waals surface area (Å²) in [7, 11) is 0. The average molecular weight is 345 g/mol. The van der Waals surface area contributed by atoms with Gasteiger partial charge in [-0.3, -0.25) is 4.79 Å². The lowest BCUT2D eigenvalue weighted by Crippen LogP contribution is -2.36. The molecule has 0 spiro atoms. The number of nitrogens with zero attached hydrogens (tertiary/aromatic N) is 2. The van der Waals surface area contributed by atoms with Gasteiger partial charge >= 0.3 is 0 Å². The van der Waals surface area contributed by atoms with Crippen molar-refractivity contribution in [1.82, 2.24) is 4.98 Å². The van der Waals surface area contributed by atoms with Crippen LogP contribution in [0, 0.1) is 0 Å². The number of nitrogens with one attached hydrogen (secondary N) is 1. The van der Waals surface area contributed by atoms with Crippen LogP contribution in [0.2, 0.25) is 0 Å². The van der Waals surface area contributed by atoms with Crippen LogP contribution in [0.3, 0.4) is 0 Å². The number of fused-ring (bicyclic) bond motifs is 1. The van der Waals surface area contributed by atoms with E-state index in [2.05, 4.69) is 15.2 Å². The van der Waals surface area contributed by atoms with Crippen molar-refractivity contribution in [2.45, 2.75) is 0 Å². The van der Waals surface area contributed by atoms with Gasteiger partial charge in [-0.1, -0.05) is 17.4 Å². The van der Waals surface area contributed by atoms with Crippen LogP contribution in [0.4, 0.5) is 10.8 Å². The van der Waals surface area contributed by atoms with Crippen LogP contribution in [0.25, 0.3) is 10.2 Å². The van der Waals surface area contributed by atoms with Crippen molar-refractivity contribution in [2.24, 2.45) is 0 Å². The number of rotatable bonds is 3. The van der Waals surface area contributed by atoms with Gasteiger partial charge in [-0.15, -0.1) is 11.3 Å². The molecule has 23 heavy (non-hydrogen) atoms. The van der Waals surface area contributed by atoms with Crippen LogP contribution in [0.1, 0.15) is 9.67 Å². The van der Waals surface area contributed by atoms with E-state index < -0.39 is 0 Å². The molecule has 3 heterocycles. The Morgan fingerprint density at radius 2 is 2.13 bits per heavy atom. The van der Waals surface area contributed by atoms with Crippen molar-refractivity contribution >= 4 is 49.6 Å². The SMILES string of the molecule is O=C(Nc1ccc2nc(N3CCOCC3)sc2c1)c1cccs1. The molecular formula is C16H15N3O2S2. The predicted octanol–water partition coefficient (Wildman–Crippen LogP) is 3.45. The molecule has 1 fully saturated rings.